The van der Waals surface area contributed by atoms with E-state index in [1.54, 1.807) is 27.2 Å². The van der Waals surface area contributed by atoms with Gasteiger partial charge in [0.05, 0.1) is 6.20 Å². The van der Waals surface area contributed by atoms with Crippen LogP contribution in [-0.4, -0.2) is 25.1 Å². The summed E-state index contributed by atoms with van der Waals surface area (Å²) in [6.45, 7) is 3.50. The monoisotopic (exact) mass is 222 g/mol. The van der Waals surface area contributed by atoms with Crippen molar-refractivity contribution in [3.63, 3.8) is 0 Å². The van der Waals surface area contributed by atoms with Gasteiger partial charge in [-0.1, -0.05) is 11.8 Å². The van der Waals surface area contributed by atoms with Crippen LogP contribution >= 0.6 is 11.8 Å². The molecule has 0 radical (unpaired) electrons. The average Bonchev–Trinajstić information content (AvgIpc) is 2.83. The van der Waals surface area contributed by atoms with Crippen LogP contribution in [0.3, 0.4) is 0 Å². The third-order valence-electron chi connectivity index (χ3n) is 2.57. The standard InChI is InChI=1S/C9H10N4OS/c1-2-13-7-6(5-10-13)8(14)12-3-4-15-9(12)11-7/h5H,2-4H2,1H3. The predicted molar refractivity (Wildman–Crippen MR) is 58.2 cm³/mol. The molecule has 0 aromatic carbocycles. The molecular weight excluding hydrogens is 212 g/mol. The highest BCUT2D eigenvalue weighted by molar-refractivity contribution is 7.99. The number of fused-ring (bicyclic) bond motifs is 2. The highest BCUT2D eigenvalue weighted by Crippen LogP contribution is 2.22. The lowest BCUT2D eigenvalue weighted by Gasteiger charge is -2.02. The summed E-state index contributed by atoms with van der Waals surface area (Å²) in [5.41, 5.74) is 0.753. The lowest BCUT2D eigenvalue weighted by molar-refractivity contribution is 0.644. The summed E-state index contributed by atoms with van der Waals surface area (Å²) in [6.07, 6.45) is 1.62. The molecule has 0 bridgehead atoms. The largest absolute Gasteiger partial charge is 0.286 e. The first kappa shape index (κ1) is 8.96. The van der Waals surface area contributed by atoms with Gasteiger partial charge in [0.15, 0.2) is 10.8 Å². The molecule has 1 aliphatic heterocycles. The Labute approximate surface area is 90.1 Å². The van der Waals surface area contributed by atoms with Gasteiger partial charge in [-0.05, 0) is 6.92 Å². The second-order valence-electron chi connectivity index (χ2n) is 3.40. The van der Waals surface area contributed by atoms with Crippen LogP contribution in [0.2, 0.25) is 0 Å². The fourth-order valence-electron chi connectivity index (χ4n) is 1.80. The molecule has 0 unspecified atom stereocenters. The van der Waals surface area contributed by atoms with Crippen LogP contribution < -0.4 is 5.56 Å². The molecule has 0 fully saturated rings. The highest BCUT2D eigenvalue weighted by Gasteiger charge is 2.18. The van der Waals surface area contributed by atoms with E-state index in [0.29, 0.717) is 11.0 Å². The van der Waals surface area contributed by atoms with E-state index in [1.165, 1.54) is 0 Å². The van der Waals surface area contributed by atoms with E-state index >= 15 is 0 Å². The molecule has 1 aliphatic rings. The van der Waals surface area contributed by atoms with Crippen LogP contribution in [0, 0.1) is 0 Å². The van der Waals surface area contributed by atoms with Crippen molar-refractivity contribution in [1.29, 1.82) is 0 Å². The Morgan fingerprint density at radius 3 is 3.27 bits per heavy atom. The zero-order valence-corrected chi connectivity index (χ0v) is 9.12. The Balaban J connectivity index is 2.43. The minimum absolute atomic E-state index is 0.0414. The van der Waals surface area contributed by atoms with Crippen molar-refractivity contribution in [2.24, 2.45) is 0 Å². The molecule has 3 heterocycles. The minimum Gasteiger partial charge on any atom is -0.286 e. The summed E-state index contributed by atoms with van der Waals surface area (Å²) in [5.74, 6) is 0.939. The van der Waals surface area contributed by atoms with E-state index in [2.05, 4.69) is 10.1 Å². The summed E-state index contributed by atoms with van der Waals surface area (Å²) in [5, 5.41) is 5.60. The number of rotatable bonds is 1. The number of aromatic nitrogens is 4. The summed E-state index contributed by atoms with van der Waals surface area (Å²) in [7, 11) is 0. The Bertz CT molecular complexity index is 586. The van der Waals surface area contributed by atoms with Gasteiger partial charge in [0, 0.05) is 18.8 Å². The molecule has 6 heteroatoms. The van der Waals surface area contributed by atoms with Crippen molar-refractivity contribution in [3.05, 3.63) is 16.6 Å². The minimum atomic E-state index is 0.0414. The molecule has 0 N–H and O–H groups in total. The molecule has 0 spiro atoms. The van der Waals surface area contributed by atoms with Gasteiger partial charge in [-0.15, -0.1) is 0 Å². The first-order valence-corrected chi connectivity index (χ1v) is 5.89. The summed E-state index contributed by atoms with van der Waals surface area (Å²) < 4.78 is 3.49. The van der Waals surface area contributed by atoms with Gasteiger partial charge in [-0.25, -0.2) is 9.67 Å². The van der Waals surface area contributed by atoms with Crippen molar-refractivity contribution < 1.29 is 0 Å². The molecule has 2 aromatic rings. The van der Waals surface area contributed by atoms with Crippen LogP contribution in [0.25, 0.3) is 11.0 Å². The normalized spacial score (nSPS) is 14.7. The van der Waals surface area contributed by atoms with Gasteiger partial charge in [0.1, 0.15) is 5.39 Å². The van der Waals surface area contributed by atoms with E-state index < -0.39 is 0 Å². The highest BCUT2D eigenvalue weighted by atomic mass is 32.2. The SMILES string of the molecule is CCn1ncc2c(=O)n3c(nc21)SCC3. The molecule has 0 saturated heterocycles. The Kier molecular flexibility index (Phi) is 1.85. The van der Waals surface area contributed by atoms with Gasteiger partial charge in [-0.2, -0.15) is 5.10 Å². The molecule has 0 atom stereocenters. The zero-order valence-electron chi connectivity index (χ0n) is 8.30. The number of nitrogens with zero attached hydrogens (tertiary/aromatic N) is 4. The number of hydrogen-bond acceptors (Lipinski definition) is 4. The third kappa shape index (κ3) is 1.14. The van der Waals surface area contributed by atoms with E-state index in [4.69, 9.17) is 0 Å². The fourth-order valence-corrected chi connectivity index (χ4v) is 2.74. The smallest absolute Gasteiger partial charge is 0.265 e. The lowest BCUT2D eigenvalue weighted by atomic mass is 10.4. The van der Waals surface area contributed by atoms with Crippen LogP contribution in [0.4, 0.5) is 0 Å². The summed E-state index contributed by atoms with van der Waals surface area (Å²) in [6, 6.07) is 0. The topological polar surface area (TPSA) is 52.7 Å². The van der Waals surface area contributed by atoms with Crippen molar-refractivity contribution in [2.75, 3.05) is 5.75 Å². The van der Waals surface area contributed by atoms with Gasteiger partial charge in [0.2, 0.25) is 0 Å². The molecular formula is C9H10N4OS. The number of thioether (sulfide) groups is 1. The zero-order chi connectivity index (χ0) is 10.4. The van der Waals surface area contributed by atoms with Crippen LogP contribution in [0.15, 0.2) is 16.1 Å². The van der Waals surface area contributed by atoms with Gasteiger partial charge in [0.25, 0.3) is 5.56 Å². The van der Waals surface area contributed by atoms with Crippen LogP contribution in [0.5, 0.6) is 0 Å². The van der Waals surface area contributed by atoms with Gasteiger partial charge in [-0.3, -0.25) is 9.36 Å². The van der Waals surface area contributed by atoms with Crippen molar-refractivity contribution in [3.8, 4) is 0 Å². The quantitative estimate of drug-likeness (QED) is 0.667. The summed E-state index contributed by atoms with van der Waals surface area (Å²) in [4.78, 5) is 16.5. The molecule has 5 nitrogen and oxygen atoms in total. The molecule has 0 amide bonds. The van der Waals surface area contributed by atoms with E-state index in [9.17, 15) is 4.79 Å². The van der Waals surface area contributed by atoms with Crippen molar-refractivity contribution in [1.82, 2.24) is 19.3 Å². The Morgan fingerprint density at radius 1 is 1.60 bits per heavy atom. The molecule has 3 rings (SSSR count). The third-order valence-corrected chi connectivity index (χ3v) is 3.52. The molecule has 0 aliphatic carbocycles. The summed E-state index contributed by atoms with van der Waals surface area (Å²) >= 11 is 1.63. The maximum atomic E-state index is 12.0. The van der Waals surface area contributed by atoms with Crippen LogP contribution in [-0.2, 0) is 13.1 Å². The molecule has 78 valence electrons. The average molecular weight is 222 g/mol. The first-order chi connectivity index (χ1) is 7.31. The predicted octanol–water partition coefficient (Wildman–Crippen LogP) is 0.719. The van der Waals surface area contributed by atoms with Crippen molar-refractivity contribution >= 4 is 22.8 Å². The van der Waals surface area contributed by atoms with E-state index in [1.807, 2.05) is 6.92 Å². The molecule has 2 aromatic heterocycles. The number of hydrogen-bond donors (Lipinski definition) is 0. The fraction of sp³-hybridized carbons (Fsp3) is 0.444. The second kappa shape index (κ2) is 3.10. The van der Waals surface area contributed by atoms with Crippen molar-refractivity contribution in [2.45, 2.75) is 25.2 Å². The Morgan fingerprint density at radius 2 is 2.47 bits per heavy atom. The molecule has 15 heavy (non-hydrogen) atoms. The first-order valence-electron chi connectivity index (χ1n) is 4.90. The van der Waals surface area contributed by atoms with Gasteiger partial charge >= 0.3 is 0 Å². The Hall–Kier alpha value is -1.30. The molecule has 0 saturated carbocycles. The maximum absolute atomic E-state index is 12.0. The van der Waals surface area contributed by atoms with Gasteiger partial charge < -0.3 is 0 Å². The van der Waals surface area contributed by atoms with E-state index in [-0.39, 0.29) is 5.56 Å². The number of aryl methyl sites for hydroxylation is 1. The van der Waals surface area contributed by atoms with Crippen LogP contribution in [0.1, 0.15) is 6.92 Å². The maximum Gasteiger partial charge on any atom is 0.265 e. The second-order valence-corrected chi connectivity index (χ2v) is 4.46. The van der Waals surface area contributed by atoms with E-state index in [0.717, 1.165) is 24.0 Å². The lowest BCUT2D eigenvalue weighted by Crippen LogP contribution is -2.20.